The average Bonchev–Trinajstić information content (AvgIpc) is 3.32. The number of amides is 4. The van der Waals surface area contributed by atoms with Crippen LogP contribution in [0, 0.1) is 0 Å². The summed E-state index contributed by atoms with van der Waals surface area (Å²) in [6, 6.07) is 5.98. The second-order valence-corrected chi connectivity index (χ2v) is 10.6. The number of aromatic nitrogens is 1. The first kappa shape index (κ1) is 23.4. The number of benzene rings is 1. The highest BCUT2D eigenvalue weighted by molar-refractivity contribution is 7.14. The Morgan fingerprint density at radius 3 is 2.55 bits per heavy atom. The zero-order valence-electron chi connectivity index (χ0n) is 19.7. The van der Waals surface area contributed by atoms with Crippen molar-refractivity contribution in [2.24, 2.45) is 0 Å². The molecule has 2 N–H and O–H groups in total. The van der Waals surface area contributed by atoms with Crippen LogP contribution >= 0.6 is 11.3 Å². The van der Waals surface area contributed by atoms with Gasteiger partial charge >= 0.3 is 6.03 Å². The van der Waals surface area contributed by atoms with Gasteiger partial charge in [-0.15, -0.1) is 11.3 Å². The predicted molar refractivity (Wildman–Crippen MR) is 130 cm³/mol. The molecule has 4 amide bonds. The number of anilines is 1. The van der Waals surface area contributed by atoms with Gasteiger partial charge in [0.15, 0.2) is 5.13 Å². The molecule has 1 aliphatic heterocycles. The molecule has 33 heavy (non-hydrogen) atoms. The van der Waals surface area contributed by atoms with E-state index in [2.05, 4.69) is 61.5 Å². The van der Waals surface area contributed by atoms with Crippen LogP contribution in [0.3, 0.4) is 0 Å². The minimum absolute atomic E-state index is 0.283. The third kappa shape index (κ3) is 4.67. The van der Waals surface area contributed by atoms with Gasteiger partial charge in [0.2, 0.25) is 5.91 Å². The van der Waals surface area contributed by atoms with Crippen LogP contribution in [0.5, 0.6) is 0 Å². The second kappa shape index (κ2) is 9.25. The maximum atomic E-state index is 12.9. The Hall–Kier alpha value is -2.74. The molecule has 0 bridgehead atoms. The van der Waals surface area contributed by atoms with Crippen molar-refractivity contribution in [2.75, 3.05) is 11.9 Å². The number of nitrogens with one attached hydrogen (secondary N) is 2. The van der Waals surface area contributed by atoms with Gasteiger partial charge in [-0.05, 0) is 35.8 Å². The van der Waals surface area contributed by atoms with E-state index in [1.165, 1.54) is 22.5 Å². The molecule has 8 heteroatoms. The van der Waals surface area contributed by atoms with Crippen LogP contribution in [-0.4, -0.2) is 39.8 Å². The third-order valence-corrected chi connectivity index (χ3v) is 7.40. The fourth-order valence-corrected chi connectivity index (χ4v) is 5.45. The minimum Gasteiger partial charge on any atom is -0.323 e. The van der Waals surface area contributed by atoms with Crippen molar-refractivity contribution < 1.29 is 14.4 Å². The molecule has 1 aromatic carbocycles. The molecule has 2 aromatic rings. The van der Waals surface area contributed by atoms with Crippen molar-refractivity contribution in [1.82, 2.24) is 15.2 Å². The molecule has 176 valence electrons. The molecular weight excluding hydrogens is 436 g/mol. The molecule has 1 saturated heterocycles. The maximum Gasteiger partial charge on any atom is 0.325 e. The lowest BCUT2D eigenvalue weighted by Gasteiger charge is -2.30. The van der Waals surface area contributed by atoms with Crippen LogP contribution in [0.25, 0.3) is 11.3 Å². The molecule has 0 unspecified atom stereocenters. The molecule has 1 aromatic heterocycles. The molecule has 2 fully saturated rings. The lowest BCUT2D eigenvalue weighted by atomic mass is 9.82. The highest BCUT2D eigenvalue weighted by atomic mass is 32.1. The van der Waals surface area contributed by atoms with Gasteiger partial charge in [-0.2, -0.15) is 0 Å². The maximum absolute atomic E-state index is 12.9. The van der Waals surface area contributed by atoms with Crippen LogP contribution < -0.4 is 10.6 Å². The monoisotopic (exact) mass is 468 g/mol. The first-order valence-corrected chi connectivity index (χ1v) is 12.6. The quantitative estimate of drug-likeness (QED) is 0.567. The number of hydrogen-bond acceptors (Lipinski definition) is 5. The number of rotatable bonds is 6. The van der Waals surface area contributed by atoms with Crippen LogP contribution in [0.2, 0.25) is 0 Å². The zero-order chi connectivity index (χ0) is 23.8. The number of carbonyl (C=O) groups excluding carboxylic acids is 3. The number of carbonyl (C=O) groups is 3. The average molecular weight is 469 g/mol. The first-order chi connectivity index (χ1) is 15.7. The fourth-order valence-electron chi connectivity index (χ4n) is 4.72. The molecule has 2 heterocycles. The summed E-state index contributed by atoms with van der Waals surface area (Å²) in [4.78, 5) is 43.6. The summed E-state index contributed by atoms with van der Waals surface area (Å²) >= 11 is 1.34. The summed E-state index contributed by atoms with van der Waals surface area (Å²) in [5.41, 5.74) is 3.56. The topological polar surface area (TPSA) is 91.4 Å². The Bertz CT molecular complexity index is 1070. The van der Waals surface area contributed by atoms with Gasteiger partial charge in [0, 0.05) is 10.9 Å². The molecule has 0 radical (unpaired) electrons. The van der Waals surface area contributed by atoms with E-state index >= 15 is 0 Å². The van der Waals surface area contributed by atoms with E-state index in [1.54, 1.807) is 0 Å². The van der Waals surface area contributed by atoms with Gasteiger partial charge in [-0.3, -0.25) is 14.5 Å². The van der Waals surface area contributed by atoms with E-state index < -0.39 is 17.5 Å². The van der Waals surface area contributed by atoms with Gasteiger partial charge in [0.05, 0.1) is 5.69 Å². The normalized spacial score (nSPS) is 17.8. The smallest absolute Gasteiger partial charge is 0.323 e. The number of hydrogen-bond donors (Lipinski definition) is 2. The lowest BCUT2D eigenvalue weighted by molar-refractivity contribution is -0.134. The van der Waals surface area contributed by atoms with Gasteiger partial charge in [-0.1, -0.05) is 65.2 Å². The summed E-state index contributed by atoms with van der Waals surface area (Å²) in [7, 11) is 0. The largest absolute Gasteiger partial charge is 0.325 e. The summed E-state index contributed by atoms with van der Waals surface area (Å²) in [5.74, 6) is 0.0748. The van der Waals surface area contributed by atoms with Crippen LogP contribution in [-0.2, 0) is 9.59 Å². The van der Waals surface area contributed by atoms with Crippen LogP contribution in [0.4, 0.5) is 9.93 Å². The highest BCUT2D eigenvalue weighted by Crippen LogP contribution is 2.35. The molecule has 1 saturated carbocycles. The number of urea groups is 1. The van der Waals surface area contributed by atoms with E-state index in [4.69, 9.17) is 0 Å². The van der Waals surface area contributed by atoms with Crippen molar-refractivity contribution in [3.63, 3.8) is 0 Å². The van der Waals surface area contributed by atoms with E-state index in [9.17, 15) is 14.4 Å². The Balaban J connectivity index is 1.46. The fraction of sp³-hybridized carbons (Fsp3) is 0.520. The number of thiazole rings is 1. The third-order valence-electron chi connectivity index (χ3n) is 6.65. The second-order valence-electron chi connectivity index (χ2n) is 9.71. The molecule has 0 atom stereocenters. The minimum atomic E-state index is -0.820. The number of imide groups is 1. The number of nitrogens with zero attached hydrogens (tertiary/aromatic N) is 2. The summed E-state index contributed by atoms with van der Waals surface area (Å²) in [6.45, 7) is 8.38. The van der Waals surface area contributed by atoms with Crippen molar-refractivity contribution in [1.29, 1.82) is 0 Å². The SMILES string of the molecule is CC(C)c1ccc(-c2csc(NC(=O)CN3C(=O)NC4(CCCCC4)C3=O)n2)c(C(C)C)c1. The summed E-state index contributed by atoms with van der Waals surface area (Å²) < 4.78 is 0. The lowest BCUT2D eigenvalue weighted by Crippen LogP contribution is -2.48. The highest BCUT2D eigenvalue weighted by Gasteiger charge is 2.51. The zero-order valence-corrected chi connectivity index (χ0v) is 20.6. The molecule has 2 aliphatic rings. The molecule has 1 spiro atoms. The van der Waals surface area contributed by atoms with E-state index in [1.807, 2.05) is 5.38 Å². The van der Waals surface area contributed by atoms with Gasteiger partial charge in [0.1, 0.15) is 12.1 Å². The molecule has 4 rings (SSSR count). The Morgan fingerprint density at radius 2 is 1.88 bits per heavy atom. The van der Waals surface area contributed by atoms with Crippen LogP contribution in [0.15, 0.2) is 23.6 Å². The Labute approximate surface area is 199 Å². The Morgan fingerprint density at radius 1 is 1.15 bits per heavy atom. The first-order valence-electron chi connectivity index (χ1n) is 11.7. The van der Waals surface area contributed by atoms with E-state index in [0.717, 1.165) is 35.4 Å². The molecular formula is C25H32N4O3S. The molecule has 1 aliphatic carbocycles. The Kier molecular flexibility index (Phi) is 6.56. The van der Waals surface area contributed by atoms with E-state index in [-0.39, 0.29) is 12.5 Å². The van der Waals surface area contributed by atoms with Crippen molar-refractivity contribution >= 4 is 34.3 Å². The summed E-state index contributed by atoms with van der Waals surface area (Å²) in [6.07, 6.45) is 4.16. The summed E-state index contributed by atoms with van der Waals surface area (Å²) in [5, 5.41) is 7.98. The predicted octanol–water partition coefficient (Wildman–Crippen LogP) is 5.25. The van der Waals surface area contributed by atoms with Gasteiger partial charge < -0.3 is 10.6 Å². The standard InChI is InChI=1S/C25H32N4O3S/c1-15(2)17-8-9-18(19(12-17)16(3)4)20-14-33-23(26-20)27-21(30)13-29-22(31)25(28-24(29)32)10-6-5-7-11-25/h8-9,12,14-16H,5-7,10-11,13H2,1-4H3,(H,28,32)(H,26,27,30). The van der Waals surface area contributed by atoms with Gasteiger partial charge in [0.25, 0.3) is 5.91 Å². The van der Waals surface area contributed by atoms with Crippen molar-refractivity contribution in [3.05, 3.63) is 34.7 Å². The van der Waals surface area contributed by atoms with Crippen LogP contribution in [0.1, 0.15) is 82.8 Å². The van der Waals surface area contributed by atoms with Crippen molar-refractivity contribution in [3.8, 4) is 11.3 Å². The van der Waals surface area contributed by atoms with Crippen molar-refractivity contribution in [2.45, 2.75) is 77.2 Å². The van der Waals surface area contributed by atoms with E-state index in [0.29, 0.717) is 29.8 Å². The van der Waals surface area contributed by atoms with Gasteiger partial charge in [-0.25, -0.2) is 9.78 Å². The molecule has 7 nitrogen and oxygen atoms in total.